The number of fused-ring (bicyclic) bond motifs is 1. The van der Waals surface area contributed by atoms with Gasteiger partial charge in [-0.05, 0) is 42.5 Å². The van der Waals surface area contributed by atoms with Crippen molar-refractivity contribution in [2.24, 2.45) is 0 Å². The Hall–Kier alpha value is -1.31. The van der Waals surface area contributed by atoms with Gasteiger partial charge < -0.3 is 5.32 Å². The third kappa shape index (κ3) is 1.44. The van der Waals surface area contributed by atoms with E-state index in [9.17, 15) is 4.79 Å². The molecule has 0 atom stereocenters. The van der Waals surface area contributed by atoms with E-state index in [-0.39, 0.29) is 5.91 Å². The molecule has 0 unspecified atom stereocenters. The third-order valence-electron chi connectivity index (χ3n) is 2.59. The van der Waals surface area contributed by atoms with Gasteiger partial charge in [0.2, 0.25) is 0 Å². The van der Waals surface area contributed by atoms with Crippen LogP contribution in [0.5, 0.6) is 0 Å². The van der Waals surface area contributed by atoms with Gasteiger partial charge in [0.25, 0.3) is 5.91 Å². The van der Waals surface area contributed by atoms with Crippen LogP contribution < -0.4 is 5.32 Å². The lowest BCUT2D eigenvalue weighted by atomic mass is 10.1. The Labute approximate surface area is 78.0 Å². The highest BCUT2D eigenvalue weighted by Gasteiger charge is 2.12. The van der Waals surface area contributed by atoms with Gasteiger partial charge in [0.1, 0.15) is 0 Å². The molecule has 1 aromatic rings. The summed E-state index contributed by atoms with van der Waals surface area (Å²) in [5.74, 6) is 0.00898. The normalized spacial score (nSPS) is 13.9. The van der Waals surface area contributed by atoms with E-state index in [1.807, 2.05) is 12.1 Å². The van der Waals surface area contributed by atoms with Gasteiger partial charge in [0, 0.05) is 12.6 Å². The van der Waals surface area contributed by atoms with E-state index in [1.54, 1.807) is 7.05 Å². The number of rotatable bonds is 1. The van der Waals surface area contributed by atoms with Gasteiger partial charge in [-0.1, -0.05) is 6.07 Å². The number of hydrogen-bond acceptors (Lipinski definition) is 1. The highest BCUT2D eigenvalue weighted by Crippen LogP contribution is 2.22. The minimum absolute atomic E-state index is 0.00898. The Morgan fingerprint density at radius 2 is 2.08 bits per heavy atom. The van der Waals surface area contributed by atoms with Gasteiger partial charge in [-0.25, -0.2) is 0 Å². The smallest absolute Gasteiger partial charge is 0.251 e. The molecule has 0 saturated carbocycles. The summed E-state index contributed by atoms with van der Waals surface area (Å²) < 4.78 is 0. The lowest BCUT2D eigenvalue weighted by molar-refractivity contribution is 0.0963. The molecule has 1 N–H and O–H groups in total. The molecule has 0 heterocycles. The minimum atomic E-state index is 0.00898. The number of aryl methyl sites for hydroxylation is 2. The van der Waals surface area contributed by atoms with Crippen LogP contribution in [0.3, 0.4) is 0 Å². The quantitative estimate of drug-likeness (QED) is 0.689. The summed E-state index contributed by atoms with van der Waals surface area (Å²) in [6.45, 7) is 0. The second-order valence-corrected chi connectivity index (χ2v) is 3.42. The van der Waals surface area contributed by atoms with Gasteiger partial charge in [-0.15, -0.1) is 0 Å². The van der Waals surface area contributed by atoms with Gasteiger partial charge in [-0.2, -0.15) is 0 Å². The molecule has 68 valence electrons. The van der Waals surface area contributed by atoms with E-state index in [0.717, 1.165) is 12.0 Å². The maximum absolute atomic E-state index is 11.3. The lowest BCUT2D eigenvalue weighted by Gasteiger charge is -2.02. The third-order valence-corrected chi connectivity index (χ3v) is 2.59. The zero-order valence-electron chi connectivity index (χ0n) is 7.76. The molecule has 1 amide bonds. The SMILES string of the molecule is CNC(=O)c1ccc2c(c1)CCC2. The second kappa shape index (κ2) is 3.21. The molecule has 0 bridgehead atoms. The predicted molar refractivity (Wildman–Crippen MR) is 51.9 cm³/mol. The van der Waals surface area contributed by atoms with E-state index in [4.69, 9.17) is 0 Å². The molecule has 1 aliphatic rings. The number of benzene rings is 1. The first kappa shape index (κ1) is 8.30. The maximum atomic E-state index is 11.3. The van der Waals surface area contributed by atoms with Crippen molar-refractivity contribution in [3.63, 3.8) is 0 Å². The van der Waals surface area contributed by atoms with E-state index < -0.39 is 0 Å². The Morgan fingerprint density at radius 3 is 2.85 bits per heavy atom. The minimum Gasteiger partial charge on any atom is -0.355 e. The summed E-state index contributed by atoms with van der Waals surface area (Å²) in [6.07, 6.45) is 3.52. The van der Waals surface area contributed by atoms with Crippen LogP contribution in [-0.2, 0) is 12.8 Å². The molecule has 0 aromatic heterocycles. The molecule has 1 aliphatic carbocycles. The summed E-state index contributed by atoms with van der Waals surface area (Å²) in [5, 5.41) is 2.63. The molecule has 0 spiro atoms. The van der Waals surface area contributed by atoms with Crippen LogP contribution in [0.2, 0.25) is 0 Å². The highest BCUT2D eigenvalue weighted by molar-refractivity contribution is 5.94. The van der Waals surface area contributed by atoms with E-state index in [2.05, 4.69) is 11.4 Å². The summed E-state index contributed by atoms with van der Waals surface area (Å²) in [7, 11) is 1.66. The molecule has 13 heavy (non-hydrogen) atoms. The largest absolute Gasteiger partial charge is 0.355 e. The van der Waals surface area contributed by atoms with Crippen LogP contribution in [0.25, 0.3) is 0 Å². The van der Waals surface area contributed by atoms with Crippen LogP contribution >= 0.6 is 0 Å². The standard InChI is InChI=1S/C11H13NO/c1-12-11(13)10-6-5-8-3-2-4-9(8)7-10/h5-7H,2-4H2,1H3,(H,12,13). The summed E-state index contributed by atoms with van der Waals surface area (Å²) in [6, 6.07) is 6.00. The van der Waals surface area contributed by atoms with Gasteiger partial charge >= 0.3 is 0 Å². The Balaban J connectivity index is 2.36. The number of carbonyl (C=O) groups is 1. The van der Waals surface area contributed by atoms with Gasteiger partial charge in [-0.3, -0.25) is 4.79 Å². The van der Waals surface area contributed by atoms with E-state index in [1.165, 1.54) is 24.0 Å². The number of hydrogen-bond donors (Lipinski definition) is 1. The first-order valence-electron chi connectivity index (χ1n) is 4.65. The average molecular weight is 175 g/mol. The molecular formula is C11H13NO. The lowest BCUT2D eigenvalue weighted by Crippen LogP contribution is -2.17. The van der Waals surface area contributed by atoms with Crippen LogP contribution in [0.15, 0.2) is 18.2 Å². The fraction of sp³-hybridized carbons (Fsp3) is 0.364. The first-order chi connectivity index (χ1) is 6.31. The molecule has 0 radical (unpaired) electrons. The van der Waals surface area contributed by atoms with Gasteiger partial charge in [0.05, 0.1) is 0 Å². The maximum Gasteiger partial charge on any atom is 0.251 e. The fourth-order valence-corrected chi connectivity index (χ4v) is 1.86. The molecule has 2 nitrogen and oxygen atoms in total. The second-order valence-electron chi connectivity index (χ2n) is 3.42. The molecular weight excluding hydrogens is 162 g/mol. The predicted octanol–water partition coefficient (Wildman–Crippen LogP) is 1.53. The van der Waals surface area contributed by atoms with Crippen molar-refractivity contribution in [2.75, 3.05) is 7.05 Å². The summed E-state index contributed by atoms with van der Waals surface area (Å²) in [5.41, 5.74) is 3.54. The molecule has 2 rings (SSSR count). The van der Waals surface area contributed by atoms with Crippen LogP contribution in [0.4, 0.5) is 0 Å². The Kier molecular flexibility index (Phi) is 2.05. The van der Waals surface area contributed by atoms with Crippen LogP contribution in [-0.4, -0.2) is 13.0 Å². The van der Waals surface area contributed by atoms with Crippen molar-refractivity contribution in [2.45, 2.75) is 19.3 Å². The summed E-state index contributed by atoms with van der Waals surface area (Å²) >= 11 is 0. The monoisotopic (exact) mass is 175 g/mol. The summed E-state index contributed by atoms with van der Waals surface area (Å²) in [4.78, 5) is 11.3. The highest BCUT2D eigenvalue weighted by atomic mass is 16.1. The molecule has 0 aliphatic heterocycles. The molecule has 0 fully saturated rings. The number of amides is 1. The Morgan fingerprint density at radius 1 is 1.31 bits per heavy atom. The van der Waals surface area contributed by atoms with Crippen molar-refractivity contribution in [3.8, 4) is 0 Å². The topological polar surface area (TPSA) is 29.1 Å². The van der Waals surface area contributed by atoms with Crippen molar-refractivity contribution < 1.29 is 4.79 Å². The van der Waals surface area contributed by atoms with Crippen molar-refractivity contribution in [3.05, 3.63) is 34.9 Å². The molecule has 1 aromatic carbocycles. The fourth-order valence-electron chi connectivity index (χ4n) is 1.86. The molecule has 2 heteroatoms. The van der Waals surface area contributed by atoms with Crippen molar-refractivity contribution in [1.82, 2.24) is 5.32 Å². The zero-order chi connectivity index (χ0) is 9.26. The van der Waals surface area contributed by atoms with Crippen LogP contribution in [0, 0.1) is 0 Å². The van der Waals surface area contributed by atoms with Gasteiger partial charge in [0.15, 0.2) is 0 Å². The van der Waals surface area contributed by atoms with E-state index in [0.29, 0.717) is 0 Å². The zero-order valence-corrected chi connectivity index (χ0v) is 7.76. The first-order valence-corrected chi connectivity index (χ1v) is 4.65. The number of nitrogens with one attached hydrogen (secondary N) is 1. The van der Waals surface area contributed by atoms with Crippen molar-refractivity contribution >= 4 is 5.91 Å². The number of carbonyl (C=O) groups excluding carboxylic acids is 1. The average Bonchev–Trinajstić information content (AvgIpc) is 2.63. The van der Waals surface area contributed by atoms with Crippen LogP contribution in [0.1, 0.15) is 27.9 Å². The van der Waals surface area contributed by atoms with E-state index >= 15 is 0 Å². The molecule has 0 saturated heterocycles. The van der Waals surface area contributed by atoms with Crippen molar-refractivity contribution in [1.29, 1.82) is 0 Å². The Bertz CT molecular complexity index is 344.